The number of unbranched alkanes of at least 4 members (excludes halogenated alkanes) is 1. The fourth-order valence-electron chi connectivity index (χ4n) is 1.37. The second kappa shape index (κ2) is 5.81. The van der Waals surface area contributed by atoms with Crippen LogP contribution in [0.25, 0.3) is 0 Å². The number of carbonyl (C=O) groups is 1. The van der Waals surface area contributed by atoms with Gasteiger partial charge in [0.25, 0.3) is 5.91 Å². The molecule has 0 saturated carbocycles. The van der Waals surface area contributed by atoms with Crippen LogP contribution in [0.2, 0.25) is 5.22 Å². The fraction of sp³-hybridized carbons (Fsp3) is 0.545. The van der Waals surface area contributed by atoms with Gasteiger partial charge < -0.3 is 9.32 Å². The zero-order valence-electron chi connectivity index (χ0n) is 9.12. The summed E-state index contributed by atoms with van der Waals surface area (Å²) in [5.41, 5.74) is 0.453. The fourth-order valence-corrected chi connectivity index (χ4v) is 1.56. The van der Waals surface area contributed by atoms with Crippen LogP contribution in [0.5, 0.6) is 0 Å². The molecule has 4 heteroatoms. The average molecular weight is 230 g/mol. The van der Waals surface area contributed by atoms with Crippen molar-refractivity contribution in [3.63, 3.8) is 0 Å². The molecule has 0 atom stereocenters. The molecule has 0 N–H and O–H groups in total. The predicted molar refractivity (Wildman–Crippen MR) is 60.2 cm³/mol. The molecule has 1 amide bonds. The Morgan fingerprint density at radius 1 is 1.53 bits per heavy atom. The van der Waals surface area contributed by atoms with Crippen molar-refractivity contribution in [2.75, 3.05) is 13.1 Å². The van der Waals surface area contributed by atoms with Gasteiger partial charge in [0.1, 0.15) is 0 Å². The summed E-state index contributed by atoms with van der Waals surface area (Å²) in [6.07, 6.45) is 3.52. The van der Waals surface area contributed by atoms with E-state index in [1.165, 1.54) is 6.26 Å². The molecular weight excluding hydrogens is 214 g/mol. The molecule has 1 rings (SSSR count). The normalized spacial score (nSPS) is 10.3. The molecule has 1 heterocycles. The lowest BCUT2D eigenvalue weighted by atomic mass is 10.2. The zero-order valence-corrected chi connectivity index (χ0v) is 9.88. The highest BCUT2D eigenvalue weighted by molar-refractivity contribution is 6.32. The SMILES string of the molecule is CCCCN(CC)C(=O)c1ccoc1Cl. The van der Waals surface area contributed by atoms with E-state index >= 15 is 0 Å². The van der Waals surface area contributed by atoms with Crippen LogP contribution < -0.4 is 0 Å². The highest BCUT2D eigenvalue weighted by atomic mass is 35.5. The van der Waals surface area contributed by atoms with Crippen molar-refractivity contribution >= 4 is 17.5 Å². The maximum atomic E-state index is 11.9. The minimum absolute atomic E-state index is 0.0512. The van der Waals surface area contributed by atoms with E-state index in [9.17, 15) is 4.79 Å². The molecule has 15 heavy (non-hydrogen) atoms. The molecule has 3 nitrogen and oxygen atoms in total. The quantitative estimate of drug-likeness (QED) is 0.777. The number of carbonyl (C=O) groups excluding carboxylic acids is 1. The monoisotopic (exact) mass is 229 g/mol. The third kappa shape index (κ3) is 2.99. The van der Waals surface area contributed by atoms with Crippen LogP contribution in [0.1, 0.15) is 37.0 Å². The van der Waals surface area contributed by atoms with Gasteiger partial charge in [-0.25, -0.2) is 0 Å². The van der Waals surface area contributed by atoms with Gasteiger partial charge in [0, 0.05) is 13.1 Å². The number of halogens is 1. The van der Waals surface area contributed by atoms with Crippen molar-refractivity contribution in [2.24, 2.45) is 0 Å². The third-order valence-corrected chi connectivity index (χ3v) is 2.59. The van der Waals surface area contributed by atoms with Crippen molar-refractivity contribution < 1.29 is 9.21 Å². The predicted octanol–water partition coefficient (Wildman–Crippen LogP) is 3.20. The van der Waals surface area contributed by atoms with Crippen LogP contribution in [-0.2, 0) is 0 Å². The molecule has 1 aromatic rings. The Morgan fingerprint density at radius 3 is 2.73 bits per heavy atom. The molecule has 0 aliphatic heterocycles. The summed E-state index contributed by atoms with van der Waals surface area (Å²) in [4.78, 5) is 13.7. The van der Waals surface area contributed by atoms with Crippen molar-refractivity contribution in [3.8, 4) is 0 Å². The van der Waals surface area contributed by atoms with Gasteiger partial charge in [-0.2, -0.15) is 0 Å². The minimum Gasteiger partial charge on any atom is -0.452 e. The van der Waals surface area contributed by atoms with Crippen LogP contribution in [0, 0.1) is 0 Å². The molecule has 0 bridgehead atoms. The van der Waals surface area contributed by atoms with Gasteiger partial charge in [0.05, 0.1) is 11.8 Å². The van der Waals surface area contributed by atoms with Crippen molar-refractivity contribution in [1.82, 2.24) is 4.90 Å². The molecule has 0 aliphatic carbocycles. The van der Waals surface area contributed by atoms with Gasteiger partial charge in [-0.05, 0) is 31.0 Å². The first kappa shape index (κ1) is 12.1. The Balaban J connectivity index is 2.69. The van der Waals surface area contributed by atoms with E-state index in [1.54, 1.807) is 11.0 Å². The first-order chi connectivity index (χ1) is 7.20. The second-order valence-electron chi connectivity index (χ2n) is 3.35. The summed E-state index contributed by atoms with van der Waals surface area (Å²) in [6, 6.07) is 1.61. The number of hydrogen-bond acceptors (Lipinski definition) is 2. The summed E-state index contributed by atoms with van der Waals surface area (Å²) in [6.45, 7) is 5.53. The van der Waals surface area contributed by atoms with Gasteiger partial charge in [-0.1, -0.05) is 13.3 Å². The number of furan rings is 1. The summed E-state index contributed by atoms with van der Waals surface area (Å²) >= 11 is 5.76. The number of nitrogens with zero attached hydrogens (tertiary/aromatic N) is 1. The lowest BCUT2D eigenvalue weighted by molar-refractivity contribution is 0.0762. The number of hydrogen-bond donors (Lipinski definition) is 0. The smallest absolute Gasteiger partial charge is 0.258 e. The van der Waals surface area contributed by atoms with Crippen LogP contribution in [0.15, 0.2) is 16.7 Å². The van der Waals surface area contributed by atoms with Crippen LogP contribution >= 0.6 is 11.6 Å². The van der Waals surface area contributed by atoms with E-state index in [2.05, 4.69) is 6.92 Å². The maximum absolute atomic E-state index is 11.9. The van der Waals surface area contributed by atoms with E-state index in [0.717, 1.165) is 19.4 Å². The van der Waals surface area contributed by atoms with E-state index in [4.69, 9.17) is 16.0 Å². The zero-order chi connectivity index (χ0) is 11.3. The first-order valence-corrected chi connectivity index (χ1v) is 5.60. The molecule has 0 spiro atoms. The maximum Gasteiger partial charge on any atom is 0.258 e. The third-order valence-electron chi connectivity index (χ3n) is 2.30. The molecule has 0 fully saturated rings. The van der Waals surface area contributed by atoms with Gasteiger partial charge in [-0.3, -0.25) is 4.79 Å². The Hall–Kier alpha value is -0.960. The molecule has 0 aromatic carbocycles. The number of rotatable bonds is 5. The van der Waals surface area contributed by atoms with E-state index in [-0.39, 0.29) is 11.1 Å². The molecule has 0 aliphatic rings. The molecule has 1 aromatic heterocycles. The van der Waals surface area contributed by atoms with Gasteiger partial charge in [0.15, 0.2) is 0 Å². The molecule has 0 unspecified atom stereocenters. The Labute approximate surface area is 95.0 Å². The van der Waals surface area contributed by atoms with Crippen LogP contribution in [0.3, 0.4) is 0 Å². The van der Waals surface area contributed by atoms with Crippen LogP contribution in [0.4, 0.5) is 0 Å². The Kier molecular flexibility index (Phi) is 4.69. The topological polar surface area (TPSA) is 33.5 Å². The average Bonchev–Trinajstić information content (AvgIpc) is 2.65. The largest absolute Gasteiger partial charge is 0.452 e. The minimum atomic E-state index is -0.0512. The van der Waals surface area contributed by atoms with Gasteiger partial charge >= 0.3 is 0 Å². The first-order valence-electron chi connectivity index (χ1n) is 5.23. The van der Waals surface area contributed by atoms with Gasteiger partial charge in [-0.15, -0.1) is 0 Å². The Morgan fingerprint density at radius 2 is 2.27 bits per heavy atom. The molecule has 0 saturated heterocycles. The highest BCUT2D eigenvalue weighted by Crippen LogP contribution is 2.18. The molecular formula is C11H16ClNO2. The summed E-state index contributed by atoms with van der Waals surface area (Å²) in [5, 5.41) is 0.176. The summed E-state index contributed by atoms with van der Waals surface area (Å²) in [7, 11) is 0. The van der Waals surface area contributed by atoms with Crippen LogP contribution in [-0.4, -0.2) is 23.9 Å². The van der Waals surface area contributed by atoms with Gasteiger partial charge in [0.2, 0.25) is 5.22 Å². The standard InChI is InChI=1S/C11H16ClNO2/c1-3-5-7-13(4-2)11(14)9-6-8-15-10(9)12/h6,8H,3-5,7H2,1-2H3. The van der Waals surface area contributed by atoms with Crippen molar-refractivity contribution in [3.05, 3.63) is 23.1 Å². The van der Waals surface area contributed by atoms with E-state index in [0.29, 0.717) is 12.1 Å². The van der Waals surface area contributed by atoms with E-state index in [1.807, 2.05) is 6.92 Å². The molecule has 84 valence electrons. The summed E-state index contributed by atoms with van der Waals surface area (Å²) in [5.74, 6) is -0.0512. The van der Waals surface area contributed by atoms with E-state index < -0.39 is 0 Å². The molecule has 0 radical (unpaired) electrons. The Bertz CT molecular complexity index is 322. The lowest BCUT2D eigenvalue weighted by Crippen LogP contribution is -2.31. The summed E-state index contributed by atoms with van der Waals surface area (Å²) < 4.78 is 4.90. The highest BCUT2D eigenvalue weighted by Gasteiger charge is 2.18. The lowest BCUT2D eigenvalue weighted by Gasteiger charge is -2.19. The van der Waals surface area contributed by atoms with Crippen molar-refractivity contribution in [2.45, 2.75) is 26.7 Å². The van der Waals surface area contributed by atoms with Crippen molar-refractivity contribution in [1.29, 1.82) is 0 Å². The second-order valence-corrected chi connectivity index (χ2v) is 3.69. The number of amides is 1.